The van der Waals surface area contributed by atoms with Crippen molar-refractivity contribution in [1.82, 2.24) is 4.90 Å². The summed E-state index contributed by atoms with van der Waals surface area (Å²) in [4.78, 5) is 55.4. The molecule has 4 aromatic carbocycles. The Bertz CT molecular complexity index is 1860. The van der Waals surface area contributed by atoms with Crippen molar-refractivity contribution >= 4 is 29.3 Å². The van der Waals surface area contributed by atoms with Gasteiger partial charge in [0.15, 0.2) is 0 Å². The van der Waals surface area contributed by atoms with Crippen LogP contribution in [0.15, 0.2) is 84.9 Å². The first-order valence-corrected chi connectivity index (χ1v) is 15.7. The summed E-state index contributed by atoms with van der Waals surface area (Å²) < 4.78 is 0. The molecule has 0 spiro atoms. The summed E-state index contributed by atoms with van der Waals surface area (Å²) in [5.41, 5.74) is 10.5. The molecule has 4 unspecified atom stereocenters. The van der Waals surface area contributed by atoms with Crippen molar-refractivity contribution in [2.45, 2.75) is 39.0 Å². The molecule has 0 aromatic heterocycles. The molecule has 0 bridgehead atoms. The van der Waals surface area contributed by atoms with E-state index in [1.807, 2.05) is 12.1 Å². The zero-order valence-electron chi connectivity index (χ0n) is 25.8. The second-order valence-corrected chi connectivity index (χ2v) is 13.4. The highest BCUT2D eigenvalue weighted by Gasteiger charge is 2.59. The number of imide groups is 2. The number of benzene rings is 4. The first-order chi connectivity index (χ1) is 21.6. The Morgan fingerprint density at radius 1 is 0.533 bits per heavy atom. The lowest BCUT2D eigenvalue weighted by Gasteiger charge is -2.34. The third-order valence-corrected chi connectivity index (χ3v) is 10.8. The summed E-state index contributed by atoms with van der Waals surface area (Å²) in [6.45, 7) is 6.33. The lowest BCUT2D eigenvalue weighted by atomic mass is 9.67. The SMILES string of the molecule is Cc1ccc(C2(c3ccc(N4C(=O)C5CC6C(=O)N(C)C(=O)C6CC5C4=O)cc3)c3cc(C)ccc3-c3ccc(C)cc32)cc1. The quantitative estimate of drug-likeness (QED) is 0.237. The summed E-state index contributed by atoms with van der Waals surface area (Å²) in [7, 11) is 1.49. The monoisotopic (exact) mass is 594 g/mol. The lowest BCUT2D eigenvalue weighted by Crippen LogP contribution is -2.35. The first-order valence-electron chi connectivity index (χ1n) is 15.7. The average molecular weight is 595 g/mol. The predicted molar refractivity (Wildman–Crippen MR) is 171 cm³/mol. The predicted octanol–water partition coefficient (Wildman–Crippen LogP) is 6.11. The number of hydrogen-bond acceptors (Lipinski definition) is 4. The smallest absolute Gasteiger partial charge is 0.237 e. The van der Waals surface area contributed by atoms with Crippen LogP contribution >= 0.6 is 0 Å². The molecule has 0 N–H and O–H groups in total. The van der Waals surface area contributed by atoms with Gasteiger partial charge in [0.1, 0.15) is 0 Å². The zero-order valence-corrected chi connectivity index (χ0v) is 25.8. The van der Waals surface area contributed by atoms with Gasteiger partial charge in [0.25, 0.3) is 0 Å². The number of rotatable bonds is 3. The third kappa shape index (κ3) is 3.68. The molecule has 2 saturated heterocycles. The molecule has 224 valence electrons. The van der Waals surface area contributed by atoms with Gasteiger partial charge in [0.2, 0.25) is 23.6 Å². The van der Waals surface area contributed by atoms with Gasteiger partial charge < -0.3 is 0 Å². The molecule has 6 nitrogen and oxygen atoms in total. The maximum atomic E-state index is 13.8. The Morgan fingerprint density at radius 3 is 1.40 bits per heavy atom. The molecule has 2 heterocycles. The molecule has 4 atom stereocenters. The number of anilines is 1. The van der Waals surface area contributed by atoms with Crippen molar-refractivity contribution < 1.29 is 19.2 Å². The van der Waals surface area contributed by atoms with Crippen LogP contribution < -0.4 is 4.90 Å². The standard InChI is InChI=1S/C39H34N2O4/c1-21-5-9-24(10-6-21)39(33-17-22(2)7-15-27(33)28-16-8-23(3)18-34(28)39)25-11-13-26(14-12-25)41-37(44)31-19-29-30(20-32(31)38(41)45)36(43)40(4)35(29)42/h5-18,29-32H,19-20H2,1-4H3. The van der Waals surface area contributed by atoms with E-state index in [0.29, 0.717) is 5.69 Å². The highest BCUT2D eigenvalue weighted by Crippen LogP contribution is 2.57. The molecule has 8 rings (SSSR count). The van der Waals surface area contributed by atoms with Crippen molar-refractivity contribution in [3.05, 3.63) is 124 Å². The van der Waals surface area contributed by atoms with Crippen LogP contribution in [-0.2, 0) is 24.6 Å². The van der Waals surface area contributed by atoms with Crippen molar-refractivity contribution in [2.24, 2.45) is 23.7 Å². The number of hydrogen-bond donors (Lipinski definition) is 0. The maximum Gasteiger partial charge on any atom is 0.237 e. The highest BCUT2D eigenvalue weighted by atomic mass is 16.2. The molecule has 4 aromatic rings. The van der Waals surface area contributed by atoms with Crippen molar-refractivity contribution in [3.63, 3.8) is 0 Å². The number of aryl methyl sites for hydroxylation is 3. The van der Waals surface area contributed by atoms with Gasteiger partial charge >= 0.3 is 0 Å². The molecular weight excluding hydrogens is 560 g/mol. The number of amides is 4. The van der Waals surface area contributed by atoms with Crippen LogP contribution in [0, 0.1) is 44.4 Å². The molecule has 3 fully saturated rings. The fourth-order valence-corrected chi connectivity index (χ4v) is 8.60. The first kappa shape index (κ1) is 27.7. The van der Waals surface area contributed by atoms with E-state index in [1.54, 1.807) is 0 Å². The van der Waals surface area contributed by atoms with Gasteiger partial charge in [-0.05, 0) is 79.1 Å². The Morgan fingerprint density at radius 2 is 0.933 bits per heavy atom. The van der Waals surface area contributed by atoms with Crippen LogP contribution in [0.1, 0.15) is 51.8 Å². The van der Waals surface area contributed by atoms with Gasteiger partial charge in [0, 0.05) is 7.05 Å². The summed E-state index contributed by atoms with van der Waals surface area (Å²) >= 11 is 0. The minimum Gasteiger partial charge on any atom is -0.285 e. The molecule has 45 heavy (non-hydrogen) atoms. The number of fused-ring (bicyclic) bond motifs is 5. The van der Waals surface area contributed by atoms with E-state index in [9.17, 15) is 19.2 Å². The largest absolute Gasteiger partial charge is 0.285 e. The van der Waals surface area contributed by atoms with E-state index < -0.39 is 29.1 Å². The molecule has 6 heteroatoms. The minimum absolute atomic E-state index is 0.240. The van der Waals surface area contributed by atoms with Crippen molar-refractivity contribution in [2.75, 3.05) is 11.9 Å². The summed E-state index contributed by atoms with van der Waals surface area (Å²) in [5, 5.41) is 0. The van der Waals surface area contributed by atoms with Crippen molar-refractivity contribution in [1.29, 1.82) is 0 Å². The Balaban J connectivity index is 1.24. The molecule has 2 aliphatic carbocycles. The fraction of sp³-hybridized carbons (Fsp3) is 0.282. The normalized spacial score (nSPS) is 24.5. The Kier molecular flexibility index (Phi) is 5.89. The molecule has 1 saturated carbocycles. The Labute approximate surface area is 262 Å². The molecule has 2 aliphatic heterocycles. The van der Waals surface area contributed by atoms with E-state index in [-0.39, 0.29) is 36.5 Å². The van der Waals surface area contributed by atoms with Gasteiger partial charge in [-0.3, -0.25) is 29.0 Å². The van der Waals surface area contributed by atoms with Crippen LogP contribution in [0.2, 0.25) is 0 Å². The van der Waals surface area contributed by atoms with Crippen LogP contribution in [0.25, 0.3) is 11.1 Å². The Hall–Kier alpha value is -4.84. The van der Waals surface area contributed by atoms with Gasteiger partial charge in [-0.15, -0.1) is 0 Å². The highest BCUT2D eigenvalue weighted by molar-refractivity contribution is 6.22. The zero-order chi connectivity index (χ0) is 31.4. The number of nitrogens with zero attached hydrogens (tertiary/aromatic N) is 2. The second kappa shape index (κ2) is 9.58. The molecule has 4 amide bonds. The number of likely N-dealkylation sites (tertiary alicyclic amines) is 1. The van der Waals surface area contributed by atoms with Gasteiger partial charge in [-0.25, -0.2) is 0 Å². The number of carbonyl (C=O) groups excluding carboxylic acids is 4. The topological polar surface area (TPSA) is 74.8 Å². The average Bonchev–Trinajstić information content (AvgIpc) is 3.54. The lowest BCUT2D eigenvalue weighted by molar-refractivity contribution is -0.138. The fourth-order valence-electron chi connectivity index (χ4n) is 8.60. The van der Waals surface area contributed by atoms with Crippen LogP contribution in [-0.4, -0.2) is 35.6 Å². The van der Waals surface area contributed by atoms with Gasteiger partial charge in [-0.1, -0.05) is 89.5 Å². The molecular formula is C39H34N2O4. The van der Waals surface area contributed by atoms with Gasteiger partial charge in [0.05, 0.1) is 34.8 Å². The van der Waals surface area contributed by atoms with Gasteiger partial charge in [-0.2, -0.15) is 0 Å². The summed E-state index contributed by atoms with van der Waals surface area (Å²) in [5.74, 6) is -3.24. The minimum atomic E-state index is -0.591. The van der Waals surface area contributed by atoms with Crippen LogP contribution in [0.4, 0.5) is 5.69 Å². The van der Waals surface area contributed by atoms with E-state index in [1.165, 1.54) is 50.9 Å². The number of carbonyl (C=O) groups is 4. The molecule has 4 aliphatic rings. The summed E-state index contributed by atoms with van der Waals surface area (Å²) in [6, 6.07) is 29.9. The van der Waals surface area contributed by atoms with Crippen LogP contribution in [0.5, 0.6) is 0 Å². The third-order valence-electron chi connectivity index (χ3n) is 10.8. The molecule has 0 radical (unpaired) electrons. The van der Waals surface area contributed by atoms with E-state index in [0.717, 1.165) is 16.0 Å². The van der Waals surface area contributed by atoms with E-state index in [4.69, 9.17) is 0 Å². The maximum absolute atomic E-state index is 13.8. The van der Waals surface area contributed by atoms with Crippen LogP contribution in [0.3, 0.4) is 0 Å². The van der Waals surface area contributed by atoms with E-state index in [2.05, 4.69) is 93.6 Å². The van der Waals surface area contributed by atoms with E-state index >= 15 is 0 Å². The van der Waals surface area contributed by atoms with Crippen molar-refractivity contribution in [3.8, 4) is 11.1 Å². The second-order valence-electron chi connectivity index (χ2n) is 13.4. The summed E-state index contributed by atoms with van der Waals surface area (Å²) in [6.07, 6.45) is 0.485.